The summed E-state index contributed by atoms with van der Waals surface area (Å²) in [5.41, 5.74) is 5.73. The third kappa shape index (κ3) is 2.67. The molecule has 0 aliphatic carbocycles. The molecule has 2 atom stereocenters. The van der Waals surface area contributed by atoms with E-state index >= 15 is 0 Å². The van der Waals surface area contributed by atoms with Crippen molar-refractivity contribution in [3.8, 4) is 0 Å². The summed E-state index contributed by atoms with van der Waals surface area (Å²) in [6, 6.07) is 0.435. The normalized spacial score (nSPS) is 24.1. The van der Waals surface area contributed by atoms with Crippen LogP contribution in [0.4, 0.5) is 4.79 Å². The second-order valence-electron chi connectivity index (χ2n) is 6.02. The van der Waals surface area contributed by atoms with Gasteiger partial charge in [-0.15, -0.1) is 0 Å². The second kappa shape index (κ2) is 4.62. The summed E-state index contributed by atoms with van der Waals surface area (Å²) in [5, 5.41) is 0. The van der Waals surface area contributed by atoms with Gasteiger partial charge in [0.2, 0.25) is 0 Å². The molecule has 1 saturated heterocycles. The van der Waals surface area contributed by atoms with E-state index in [-0.39, 0.29) is 11.4 Å². The number of likely N-dealkylation sites (N-methyl/N-ethyl adjacent to an activating group) is 1. The van der Waals surface area contributed by atoms with E-state index < -0.39 is 0 Å². The Hall–Kier alpha value is -0.770. The van der Waals surface area contributed by atoms with Gasteiger partial charge in [-0.1, -0.05) is 27.7 Å². The van der Waals surface area contributed by atoms with E-state index in [0.29, 0.717) is 18.5 Å². The molecule has 0 radical (unpaired) electrons. The number of nitrogens with two attached hydrogens (primary N) is 1. The van der Waals surface area contributed by atoms with E-state index in [1.54, 1.807) is 0 Å². The van der Waals surface area contributed by atoms with Crippen molar-refractivity contribution >= 4 is 6.03 Å². The Morgan fingerprint density at radius 1 is 1.50 bits per heavy atom. The molecule has 4 nitrogen and oxygen atoms in total. The van der Waals surface area contributed by atoms with Gasteiger partial charge in [0.1, 0.15) is 0 Å². The van der Waals surface area contributed by atoms with Crippen LogP contribution >= 0.6 is 0 Å². The Balaban J connectivity index is 2.69. The highest BCUT2D eigenvalue weighted by Gasteiger charge is 2.41. The zero-order chi connectivity index (χ0) is 12.5. The smallest absolute Gasteiger partial charge is 0.320 e. The predicted octanol–water partition coefficient (Wildman–Crippen LogP) is 1.36. The van der Waals surface area contributed by atoms with Crippen LogP contribution in [0.15, 0.2) is 0 Å². The molecule has 0 bridgehead atoms. The van der Waals surface area contributed by atoms with Gasteiger partial charge in [-0.05, 0) is 17.9 Å². The van der Waals surface area contributed by atoms with Crippen molar-refractivity contribution in [1.82, 2.24) is 9.80 Å². The van der Waals surface area contributed by atoms with Crippen molar-refractivity contribution in [2.24, 2.45) is 17.1 Å². The minimum atomic E-state index is 0.130. The first-order valence-electron chi connectivity index (χ1n) is 5.99. The number of carbonyl (C=O) groups excluding carboxylic acids is 1. The number of hydrogen-bond donors (Lipinski definition) is 1. The molecule has 0 spiro atoms. The standard InChI is InChI=1S/C12H25N3O/c1-9(6-13)7-15-8-10(12(2,3)4)14(5)11(15)16/h9-10H,6-8,13H2,1-5H3. The molecule has 1 aliphatic rings. The van der Waals surface area contributed by atoms with Crippen LogP contribution in [0, 0.1) is 11.3 Å². The van der Waals surface area contributed by atoms with Crippen LogP contribution < -0.4 is 5.73 Å². The first-order chi connectivity index (χ1) is 7.27. The van der Waals surface area contributed by atoms with E-state index in [1.165, 1.54) is 0 Å². The molecule has 2 amide bonds. The summed E-state index contributed by atoms with van der Waals surface area (Å²) in [4.78, 5) is 15.8. The molecule has 2 N–H and O–H groups in total. The average Bonchev–Trinajstić information content (AvgIpc) is 2.45. The summed E-state index contributed by atoms with van der Waals surface area (Å²) < 4.78 is 0. The maximum absolute atomic E-state index is 12.0. The summed E-state index contributed by atoms with van der Waals surface area (Å²) in [7, 11) is 1.89. The van der Waals surface area contributed by atoms with Crippen LogP contribution in [0.5, 0.6) is 0 Å². The molecule has 1 fully saturated rings. The number of rotatable bonds is 3. The predicted molar refractivity (Wildman–Crippen MR) is 66.2 cm³/mol. The van der Waals surface area contributed by atoms with Crippen molar-refractivity contribution < 1.29 is 4.79 Å². The lowest BCUT2D eigenvalue weighted by atomic mass is 9.86. The van der Waals surface area contributed by atoms with Crippen LogP contribution in [0.2, 0.25) is 0 Å². The molecule has 0 aromatic rings. The minimum Gasteiger partial charge on any atom is -0.330 e. The van der Waals surface area contributed by atoms with Crippen LogP contribution in [0.3, 0.4) is 0 Å². The third-order valence-corrected chi connectivity index (χ3v) is 3.37. The molecule has 1 heterocycles. The van der Waals surface area contributed by atoms with Crippen molar-refractivity contribution in [1.29, 1.82) is 0 Å². The molecular weight excluding hydrogens is 202 g/mol. The van der Waals surface area contributed by atoms with Crippen LogP contribution in [0.25, 0.3) is 0 Å². The van der Waals surface area contributed by atoms with Gasteiger partial charge in [0.05, 0.1) is 6.04 Å². The van der Waals surface area contributed by atoms with Gasteiger partial charge in [0.15, 0.2) is 0 Å². The Labute approximate surface area is 98.8 Å². The molecule has 1 rings (SSSR count). The second-order valence-corrected chi connectivity index (χ2v) is 6.02. The van der Waals surface area contributed by atoms with Crippen LogP contribution in [-0.4, -0.2) is 48.6 Å². The van der Waals surface area contributed by atoms with Gasteiger partial charge in [0.25, 0.3) is 0 Å². The number of hydrogen-bond acceptors (Lipinski definition) is 2. The van der Waals surface area contributed by atoms with Gasteiger partial charge < -0.3 is 15.5 Å². The molecule has 2 unspecified atom stereocenters. The first-order valence-corrected chi connectivity index (χ1v) is 5.99. The molecule has 0 aromatic heterocycles. The minimum absolute atomic E-state index is 0.130. The lowest BCUT2D eigenvalue weighted by Gasteiger charge is -2.31. The van der Waals surface area contributed by atoms with Gasteiger partial charge in [0, 0.05) is 20.1 Å². The Bertz CT molecular complexity index is 259. The van der Waals surface area contributed by atoms with E-state index in [0.717, 1.165) is 13.1 Å². The Morgan fingerprint density at radius 2 is 2.06 bits per heavy atom. The highest BCUT2D eigenvalue weighted by atomic mass is 16.2. The molecule has 0 saturated carbocycles. The summed E-state index contributed by atoms with van der Waals surface area (Å²) in [5.74, 6) is 0.371. The summed E-state index contributed by atoms with van der Waals surface area (Å²) in [6.45, 7) is 10.8. The maximum atomic E-state index is 12.0. The highest BCUT2D eigenvalue weighted by molar-refractivity contribution is 5.77. The van der Waals surface area contributed by atoms with E-state index in [9.17, 15) is 4.79 Å². The number of amides is 2. The monoisotopic (exact) mass is 227 g/mol. The lowest BCUT2D eigenvalue weighted by Crippen LogP contribution is -2.39. The van der Waals surface area contributed by atoms with Gasteiger partial charge in [-0.3, -0.25) is 0 Å². The quantitative estimate of drug-likeness (QED) is 0.791. The highest BCUT2D eigenvalue weighted by Crippen LogP contribution is 2.29. The van der Waals surface area contributed by atoms with Crippen LogP contribution in [-0.2, 0) is 0 Å². The summed E-state index contributed by atoms with van der Waals surface area (Å²) in [6.07, 6.45) is 0. The number of urea groups is 1. The molecule has 0 aromatic carbocycles. The fraction of sp³-hybridized carbons (Fsp3) is 0.917. The van der Waals surface area contributed by atoms with E-state index in [1.807, 2.05) is 16.8 Å². The van der Waals surface area contributed by atoms with E-state index in [2.05, 4.69) is 27.7 Å². The third-order valence-electron chi connectivity index (χ3n) is 3.37. The van der Waals surface area contributed by atoms with Gasteiger partial charge in [-0.25, -0.2) is 4.79 Å². The SMILES string of the molecule is CC(CN)CN1CC(C(C)(C)C)N(C)C1=O. The fourth-order valence-electron chi connectivity index (χ4n) is 2.22. The zero-order valence-electron chi connectivity index (χ0n) is 11.2. The largest absolute Gasteiger partial charge is 0.330 e. The summed E-state index contributed by atoms with van der Waals surface area (Å²) >= 11 is 0. The van der Waals surface area contributed by atoms with E-state index in [4.69, 9.17) is 5.73 Å². The molecule has 16 heavy (non-hydrogen) atoms. The van der Waals surface area contributed by atoms with Crippen LogP contribution in [0.1, 0.15) is 27.7 Å². The maximum Gasteiger partial charge on any atom is 0.320 e. The van der Waals surface area contributed by atoms with Gasteiger partial charge in [-0.2, -0.15) is 0 Å². The molecular formula is C12H25N3O. The topological polar surface area (TPSA) is 49.6 Å². The molecule has 1 aliphatic heterocycles. The Kier molecular flexibility index (Phi) is 3.84. The van der Waals surface area contributed by atoms with Crippen molar-refractivity contribution in [3.05, 3.63) is 0 Å². The number of carbonyl (C=O) groups is 1. The Morgan fingerprint density at radius 3 is 2.44 bits per heavy atom. The molecule has 94 valence electrons. The fourth-order valence-corrected chi connectivity index (χ4v) is 2.22. The van der Waals surface area contributed by atoms with Crippen molar-refractivity contribution in [2.45, 2.75) is 33.7 Å². The zero-order valence-corrected chi connectivity index (χ0v) is 11.2. The first kappa shape index (κ1) is 13.3. The molecule has 4 heteroatoms. The van der Waals surface area contributed by atoms with Crippen molar-refractivity contribution in [2.75, 3.05) is 26.7 Å². The average molecular weight is 227 g/mol. The van der Waals surface area contributed by atoms with Crippen molar-refractivity contribution in [3.63, 3.8) is 0 Å². The lowest BCUT2D eigenvalue weighted by molar-refractivity contribution is 0.172. The van der Waals surface area contributed by atoms with Gasteiger partial charge >= 0.3 is 6.03 Å². The number of nitrogens with zero attached hydrogens (tertiary/aromatic N) is 2.